The number of anilines is 2. The summed E-state index contributed by atoms with van der Waals surface area (Å²) in [6.07, 6.45) is 0. The van der Waals surface area contributed by atoms with Gasteiger partial charge in [-0.1, -0.05) is 48.5 Å². The van der Waals surface area contributed by atoms with Crippen molar-refractivity contribution in [1.29, 1.82) is 0 Å². The van der Waals surface area contributed by atoms with Crippen LogP contribution in [0, 0.1) is 6.92 Å². The highest BCUT2D eigenvalue weighted by Gasteiger charge is 2.37. The maximum absolute atomic E-state index is 14.2. The van der Waals surface area contributed by atoms with Gasteiger partial charge in [0.1, 0.15) is 12.6 Å². The molecule has 0 aromatic heterocycles. The lowest BCUT2D eigenvalue weighted by molar-refractivity contribution is -0.129. The standard InChI is InChI=1S/C30H36N4O5.ClH/c1-20-13-14-22-9-5-6-10-23(22)24(20)17-34-27-12-8-7-11-26(27)33(28(35)19-39-16-15-38-4)18-25(30(34)37)32-29(36)21(2)31-3;/h5-14,21,25,31H,15-19H2,1-4H3,(H,32,36);1H/t21-,25-;/m0./s1. The number of benzene rings is 3. The van der Waals surface area contributed by atoms with Crippen LogP contribution in [0.4, 0.5) is 11.4 Å². The maximum atomic E-state index is 14.2. The fourth-order valence-corrected chi connectivity index (χ4v) is 4.71. The quantitative estimate of drug-likeness (QED) is 0.364. The molecule has 0 saturated carbocycles. The topological polar surface area (TPSA) is 100 Å². The van der Waals surface area contributed by atoms with E-state index in [2.05, 4.69) is 16.7 Å². The lowest BCUT2D eigenvalue weighted by Gasteiger charge is -2.27. The first-order valence-corrected chi connectivity index (χ1v) is 13.1. The van der Waals surface area contributed by atoms with Gasteiger partial charge in [-0.05, 0) is 54.9 Å². The van der Waals surface area contributed by atoms with Crippen LogP contribution in [-0.2, 0) is 30.4 Å². The molecule has 214 valence electrons. The Morgan fingerprint density at radius 3 is 2.45 bits per heavy atom. The number of hydrogen-bond acceptors (Lipinski definition) is 6. The molecule has 0 unspecified atom stereocenters. The van der Waals surface area contributed by atoms with Crippen LogP contribution in [0.25, 0.3) is 10.8 Å². The molecule has 0 spiro atoms. The Morgan fingerprint density at radius 2 is 1.73 bits per heavy atom. The molecule has 40 heavy (non-hydrogen) atoms. The molecular weight excluding hydrogens is 532 g/mol. The summed E-state index contributed by atoms with van der Waals surface area (Å²) >= 11 is 0. The summed E-state index contributed by atoms with van der Waals surface area (Å²) in [6.45, 7) is 4.46. The Labute approximate surface area is 241 Å². The van der Waals surface area contributed by atoms with E-state index >= 15 is 0 Å². The van der Waals surface area contributed by atoms with Gasteiger partial charge in [-0.2, -0.15) is 0 Å². The van der Waals surface area contributed by atoms with Crippen LogP contribution < -0.4 is 20.4 Å². The van der Waals surface area contributed by atoms with Gasteiger partial charge in [0, 0.05) is 7.11 Å². The van der Waals surface area contributed by atoms with E-state index in [1.54, 1.807) is 26.0 Å². The normalized spacial score (nSPS) is 15.7. The summed E-state index contributed by atoms with van der Waals surface area (Å²) in [5.41, 5.74) is 3.24. The monoisotopic (exact) mass is 568 g/mol. The molecule has 4 rings (SSSR count). The Kier molecular flexibility index (Phi) is 11.0. The first-order chi connectivity index (χ1) is 18.8. The molecule has 0 radical (unpaired) electrons. The molecule has 9 nitrogen and oxygen atoms in total. The third-order valence-corrected chi connectivity index (χ3v) is 7.08. The van der Waals surface area contributed by atoms with E-state index in [0.717, 1.165) is 21.9 Å². The third-order valence-electron chi connectivity index (χ3n) is 7.08. The number of nitrogens with zero attached hydrogens (tertiary/aromatic N) is 2. The predicted octanol–water partition coefficient (Wildman–Crippen LogP) is 3.21. The highest BCUT2D eigenvalue weighted by molar-refractivity contribution is 6.08. The number of carbonyl (C=O) groups is 3. The average Bonchev–Trinajstić information content (AvgIpc) is 3.06. The molecule has 3 aromatic carbocycles. The van der Waals surface area contributed by atoms with Crippen LogP contribution >= 0.6 is 12.4 Å². The number of likely N-dealkylation sites (N-methyl/N-ethyl adjacent to an activating group) is 1. The second kappa shape index (κ2) is 14.2. The SMILES string of the molecule is CN[C@@H](C)C(=O)N[C@H]1CN(C(=O)COCCOC)c2ccccc2N(Cc2c(C)ccc3ccccc23)C1=O.Cl. The zero-order chi connectivity index (χ0) is 27.9. The number of fused-ring (bicyclic) bond motifs is 2. The Bertz CT molecular complexity index is 1350. The van der Waals surface area contributed by atoms with Crippen LogP contribution in [-0.4, -0.2) is 70.3 Å². The first-order valence-electron chi connectivity index (χ1n) is 13.1. The minimum absolute atomic E-state index is 0. The number of aryl methyl sites for hydroxylation is 1. The number of para-hydroxylation sites is 2. The van der Waals surface area contributed by atoms with Gasteiger partial charge in [-0.3, -0.25) is 14.4 Å². The summed E-state index contributed by atoms with van der Waals surface area (Å²) in [5.74, 6) is -0.927. The Balaban J connectivity index is 0.00000441. The molecule has 1 heterocycles. The number of methoxy groups -OCH3 is 1. The second-order valence-electron chi connectivity index (χ2n) is 9.62. The van der Waals surface area contributed by atoms with Crippen molar-refractivity contribution in [3.63, 3.8) is 0 Å². The molecule has 2 atom stereocenters. The first kappa shape index (κ1) is 31.0. The van der Waals surface area contributed by atoms with Crippen molar-refractivity contribution in [2.45, 2.75) is 32.5 Å². The van der Waals surface area contributed by atoms with E-state index in [4.69, 9.17) is 9.47 Å². The van der Waals surface area contributed by atoms with Gasteiger partial charge in [0.25, 0.3) is 11.8 Å². The zero-order valence-corrected chi connectivity index (χ0v) is 24.1. The van der Waals surface area contributed by atoms with Crippen LogP contribution in [0.1, 0.15) is 18.1 Å². The highest BCUT2D eigenvalue weighted by atomic mass is 35.5. The molecule has 3 amide bonds. The van der Waals surface area contributed by atoms with Crippen LogP contribution in [0.15, 0.2) is 60.7 Å². The molecular formula is C30H37ClN4O5. The zero-order valence-electron chi connectivity index (χ0n) is 23.3. The molecule has 3 aromatic rings. The molecule has 10 heteroatoms. The van der Waals surface area contributed by atoms with E-state index < -0.39 is 12.1 Å². The largest absolute Gasteiger partial charge is 0.382 e. The minimum Gasteiger partial charge on any atom is -0.382 e. The van der Waals surface area contributed by atoms with Gasteiger partial charge < -0.3 is 29.9 Å². The fraction of sp³-hybridized carbons (Fsp3) is 0.367. The Hall–Kier alpha value is -3.50. The van der Waals surface area contributed by atoms with E-state index in [9.17, 15) is 14.4 Å². The van der Waals surface area contributed by atoms with E-state index in [1.807, 2.05) is 61.5 Å². The van der Waals surface area contributed by atoms with Gasteiger partial charge in [-0.15, -0.1) is 12.4 Å². The fourth-order valence-electron chi connectivity index (χ4n) is 4.71. The lowest BCUT2D eigenvalue weighted by atomic mass is 9.99. The Morgan fingerprint density at radius 1 is 1.02 bits per heavy atom. The molecule has 1 aliphatic heterocycles. The van der Waals surface area contributed by atoms with Crippen LogP contribution in [0.2, 0.25) is 0 Å². The average molecular weight is 569 g/mol. The van der Waals surface area contributed by atoms with Crippen molar-refractivity contribution in [1.82, 2.24) is 10.6 Å². The summed E-state index contributed by atoms with van der Waals surface area (Å²) in [5, 5.41) is 7.91. The molecule has 1 aliphatic rings. The molecule has 0 bridgehead atoms. The summed E-state index contributed by atoms with van der Waals surface area (Å²) < 4.78 is 10.5. The number of amides is 3. The van der Waals surface area contributed by atoms with Crippen molar-refractivity contribution in [3.8, 4) is 0 Å². The van der Waals surface area contributed by atoms with E-state index in [0.29, 0.717) is 18.0 Å². The number of ether oxygens (including phenoxy) is 2. The summed E-state index contributed by atoms with van der Waals surface area (Å²) in [6, 6.07) is 18.0. The smallest absolute Gasteiger partial charge is 0.253 e. The van der Waals surface area contributed by atoms with Gasteiger partial charge in [0.05, 0.1) is 43.7 Å². The van der Waals surface area contributed by atoms with Gasteiger partial charge >= 0.3 is 0 Å². The molecule has 0 aliphatic carbocycles. The van der Waals surface area contributed by atoms with Crippen LogP contribution in [0.5, 0.6) is 0 Å². The lowest BCUT2D eigenvalue weighted by Crippen LogP contribution is -2.56. The van der Waals surface area contributed by atoms with Gasteiger partial charge in [0.15, 0.2) is 0 Å². The molecule has 0 saturated heterocycles. The summed E-state index contributed by atoms with van der Waals surface area (Å²) in [7, 11) is 3.24. The molecule has 2 N–H and O–H groups in total. The number of carbonyl (C=O) groups excluding carboxylic acids is 3. The number of halogens is 1. The van der Waals surface area contributed by atoms with Crippen molar-refractivity contribution >= 4 is 52.3 Å². The van der Waals surface area contributed by atoms with Crippen molar-refractivity contribution in [2.24, 2.45) is 0 Å². The van der Waals surface area contributed by atoms with E-state index in [1.165, 1.54) is 4.90 Å². The van der Waals surface area contributed by atoms with Crippen LogP contribution in [0.3, 0.4) is 0 Å². The number of rotatable bonds is 10. The number of nitrogens with one attached hydrogen (secondary N) is 2. The van der Waals surface area contributed by atoms with Crippen molar-refractivity contribution < 1.29 is 23.9 Å². The second-order valence-corrected chi connectivity index (χ2v) is 9.62. The third kappa shape index (κ3) is 6.79. The molecule has 0 fully saturated rings. The number of hydrogen-bond donors (Lipinski definition) is 2. The highest BCUT2D eigenvalue weighted by Crippen LogP contribution is 2.35. The van der Waals surface area contributed by atoms with E-state index in [-0.39, 0.29) is 56.4 Å². The minimum atomic E-state index is -0.959. The maximum Gasteiger partial charge on any atom is 0.253 e. The van der Waals surface area contributed by atoms with Crippen molar-refractivity contribution in [3.05, 3.63) is 71.8 Å². The van der Waals surface area contributed by atoms with Gasteiger partial charge in [0.2, 0.25) is 5.91 Å². The predicted molar refractivity (Wildman–Crippen MR) is 159 cm³/mol. The van der Waals surface area contributed by atoms with Crippen molar-refractivity contribution in [2.75, 3.05) is 50.3 Å². The summed E-state index contributed by atoms with van der Waals surface area (Å²) in [4.78, 5) is 43.7. The van der Waals surface area contributed by atoms with Gasteiger partial charge in [-0.25, -0.2) is 0 Å².